The van der Waals surface area contributed by atoms with Crippen LogP contribution < -0.4 is 21.9 Å². The van der Waals surface area contributed by atoms with E-state index in [1.54, 1.807) is 0 Å². The molecule has 0 radical (unpaired) electrons. The SMILES string of the molecule is Cn1c(=O)c2[nH]c(CCCC(=O)NCCNC(=O)CN(CCN(CC(=O)O)CN(CC(=O)O)CC(=O)O)CC(=O)O)nc2n(C)c1=O. The number of fused-ring (bicyclic) bond motifs is 1. The number of rotatable bonds is 22. The van der Waals surface area contributed by atoms with Gasteiger partial charge in [0.25, 0.3) is 5.56 Å². The van der Waals surface area contributed by atoms with Crippen molar-refractivity contribution in [3.05, 3.63) is 26.7 Å². The molecule has 0 spiro atoms. The van der Waals surface area contributed by atoms with E-state index in [1.165, 1.54) is 28.5 Å². The van der Waals surface area contributed by atoms with Crippen LogP contribution in [0.15, 0.2) is 9.59 Å². The molecule has 0 saturated heterocycles. The summed E-state index contributed by atoms with van der Waals surface area (Å²) < 4.78 is 2.21. The van der Waals surface area contributed by atoms with Crippen molar-refractivity contribution in [1.82, 2.24) is 44.4 Å². The monoisotopic (exact) mass is 669 g/mol. The Balaban J connectivity index is 1.81. The highest BCUT2D eigenvalue weighted by molar-refractivity contribution is 5.79. The van der Waals surface area contributed by atoms with Gasteiger partial charge in [-0.3, -0.25) is 57.4 Å². The van der Waals surface area contributed by atoms with E-state index >= 15 is 0 Å². The number of carboxylic acids is 4. The molecule has 21 heteroatoms. The van der Waals surface area contributed by atoms with Gasteiger partial charge < -0.3 is 36.0 Å². The van der Waals surface area contributed by atoms with Crippen LogP contribution in [0.5, 0.6) is 0 Å². The number of imidazole rings is 1. The topological polar surface area (TPSA) is 290 Å². The number of hydrogen-bond donors (Lipinski definition) is 7. The predicted molar refractivity (Wildman–Crippen MR) is 161 cm³/mol. The van der Waals surface area contributed by atoms with Crippen LogP contribution in [0.2, 0.25) is 0 Å². The molecule has 260 valence electrons. The first-order valence-corrected chi connectivity index (χ1v) is 14.3. The Hall–Kier alpha value is -5.15. The highest BCUT2D eigenvalue weighted by Crippen LogP contribution is 2.07. The van der Waals surface area contributed by atoms with Crippen LogP contribution in [0.1, 0.15) is 18.7 Å². The average Bonchev–Trinajstić information content (AvgIpc) is 3.39. The van der Waals surface area contributed by atoms with E-state index in [-0.39, 0.29) is 62.9 Å². The molecule has 2 heterocycles. The van der Waals surface area contributed by atoms with Crippen LogP contribution in [-0.2, 0) is 49.3 Å². The summed E-state index contributed by atoms with van der Waals surface area (Å²) in [5, 5.41) is 41.7. The van der Waals surface area contributed by atoms with Crippen LogP contribution in [0.4, 0.5) is 0 Å². The quantitative estimate of drug-likeness (QED) is 0.0461. The minimum Gasteiger partial charge on any atom is -0.480 e. The van der Waals surface area contributed by atoms with E-state index < -0.39 is 67.2 Å². The Labute approximate surface area is 266 Å². The van der Waals surface area contributed by atoms with Gasteiger partial charge >= 0.3 is 29.6 Å². The number of carbonyl (C=O) groups excluding carboxylic acids is 2. The number of amides is 2. The molecule has 47 heavy (non-hydrogen) atoms. The summed E-state index contributed by atoms with van der Waals surface area (Å²) in [7, 11) is 2.85. The molecule has 0 fully saturated rings. The number of aromatic amines is 1. The van der Waals surface area contributed by atoms with Gasteiger partial charge in [0.1, 0.15) is 11.3 Å². The zero-order valence-electron chi connectivity index (χ0n) is 25.9. The first kappa shape index (κ1) is 38.0. The number of carboxylic acid groups (broad SMARTS) is 4. The molecule has 2 aromatic rings. The Kier molecular flexibility index (Phi) is 14.7. The fraction of sp³-hybridized carbons (Fsp3) is 0.577. The smallest absolute Gasteiger partial charge is 0.332 e. The molecule has 0 aliphatic heterocycles. The summed E-state index contributed by atoms with van der Waals surface area (Å²) in [6, 6.07) is 0. The number of aryl methyl sites for hydroxylation is 2. The number of aromatic nitrogens is 4. The Bertz CT molecular complexity index is 1570. The van der Waals surface area contributed by atoms with Crippen molar-refractivity contribution in [3.8, 4) is 0 Å². The maximum absolute atomic E-state index is 12.5. The van der Waals surface area contributed by atoms with Gasteiger partial charge in [0.15, 0.2) is 5.65 Å². The molecular weight excluding hydrogens is 630 g/mol. The number of nitrogens with one attached hydrogen (secondary N) is 3. The van der Waals surface area contributed by atoms with Crippen molar-refractivity contribution in [1.29, 1.82) is 0 Å². The van der Waals surface area contributed by atoms with Gasteiger partial charge in [-0.2, -0.15) is 0 Å². The molecule has 2 amide bonds. The van der Waals surface area contributed by atoms with Crippen LogP contribution in [0.25, 0.3) is 11.2 Å². The second-order valence-corrected chi connectivity index (χ2v) is 10.6. The second-order valence-electron chi connectivity index (χ2n) is 10.6. The number of carbonyl (C=O) groups is 6. The molecule has 2 rings (SSSR count). The number of H-pyrrole nitrogens is 1. The fourth-order valence-electron chi connectivity index (χ4n) is 4.56. The first-order chi connectivity index (χ1) is 22.1. The number of nitrogens with zero attached hydrogens (tertiary/aromatic N) is 6. The van der Waals surface area contributed by atoms with Crippen molar-refractivity contribution < 1.29 is 49.2 Å². The van der Waals surface area contributed by atoms with E-state index in [9.17, 15) is 48.6 Å². The highest BCUT2D eigenvalue weighted by Gasteiger charge is 2.21. The van der Waals surface area contributed by atoms with E-state index in [1.807, 2.05) is 0 Å². The van der Waals surface area contributed by atoms with Crippen molar-refractivity contribution in [2.75, 3.05) is 65.6 Å². The maximum atomic E-state index is 12.5. The third-order valence-electron chi connectivity index (χ3n) is 6.67. The summed E-state index contributed by atoms with van der Waals surface area (Å²) in [6.07, 6.45) is 0.813. The van der Waals surface area contributed by atoms with Crippen molar-refractivity contribution in [3.63, 3.8) is 0 Å². The Morgan fingerprint density at radius 1 is 0.723 bits per heavy atom. The van der Waals surface area contributed by atoms with Gasteiger partial charge in [-0.15, -0.1) is 0 Å². The van der Waals surface area contributed by atoms with Crippen molar-refractivity contribution in [2.24, 2.45) is 14.1 Å². The highest BCUT2D eigenvalue weighted by atomic mass is 16.4. The molecule has 0 bridgehead atoms. The summed E-state index contributed by atoms with van der Waals surface area (Å²) in [5.41, 5.74) is -0.626. The van der Waals surface area contributed by atoms with Crippen LogP contribution in [-0.4, -0.2) is 155 Å². The summed E-state index contributed by atoms with van der Waals surface area (Å²) in [5.74, 6) is -5.65. The van der Waals surface area contributed by atoms with Gasteiger partial charge in [-0.25, -0.2) is 9.78 Å². The number of hydrogen-bond acceptors (Lipinski definition) is 12. The Morgan fingerprint density at radius 2 is 1.23 bits per heavy atom. The van der Waals surface area contributed by atoms with Gasteiger partial charge in [0.2, 0.25) is 11.8 Å². The third-order valence-corrected chi connectivity index (χ3v) is 6.67. The summed E-state index contributed by atoms with van der Waals surface area (Å²) in [4.78, 5) is 104. The van der Waals surface area contributed by atoms with Gasteiger partial charge in [-0.1, -0.05) is 0 Å². The van der Waals surface area contributed by atoms with E-state index in [2.05, 4.69) is 20.6 Å². The number of aliphatic carboxylic acids is 4. The summed E-state index contributed by atoms with van der Waals surface area (Å²) in [6.45, 7) is -3.40. The Morgan fingerprint density at radius 3 is 1.81 bits per heavy atom. The lowest BCUT2D eigenvalue weighted by molar-refractivity contribution is -0.144. The summed E-state index contributed by atoms with van der Waals surface area (Å²) >= 11 is 0. The third kappa shape index (κ3) is 13.0. The molecular formula is C26H39N9O12. The molecule has 21 nitrogen and oxygen atoms in total. The maximum Gasteiger partial charge on any atom is 0.332 e. The van der Waals surface area contributed by atoms with E-state index in [0.29, 0.717) is 18.7 Å². The lowest BCUT2D eigenvalue weighted by Gasteiger charge is -2.29. The van der Waals surface area contributed by atoms with Crippen LogP contribution in [0.3, 0.4) is 0 Å². The fourth-order valence-corrected chi connectivity index (χ4v) is 4.56. The first-order valence-electron chi connectivity index (χ1n) is 14.3. The molecule has 0 atom stereocenters. The minimum absolute atomic E-state index is 0.0247. The molecule has 0 saturated carbocycles. The minimum atomic E-state index is -1.33. The van der Waals surface area contributed by atoms with Gasteiger partial charge in [0, 0.05) is 53.1 Å². The standard InChI is InChI=1S/C26H39N9O12/c1-31-24-23(25(46)32(2)26(31)47)29-16(30-24)4-3-5-17(36)27-6-7-28-18(37)10-33(11-19(38)39)8-9-34(12-20(40)41)15-35(13-21(42)43)14-22(44)45/h3-15H2,1-2H3,(H,27,36)(H,28,37)(H,29,30)(H,38,39)(H,40,41)(H,42,43)(H,44,45). The molecule has 0 aliphatic carbocycles. The normalized spacial score (nSPS) is 11.3. The molecule has 0 aromatic carbocycles. The molecule has 0 unspecified atom stereocenters. The second kappa shape index (κ2) is 18.1. The average molecular weight is 670 g/mol. The zero-order valence-corrected chi connectivity index (χ0v) is 25.9. The van der Waals surface area contributed by atoms with Crippen LogP contribution >= 0.6 is 0 Å². The molecule has 2 aromatic heterocycles. The molecule has 0 aliphatic rings. The van der Waals surface area contributed by atoms with Crippen LogP contribution in [0, 0.1) is 0 Å². The predicted octanol–water partition coefficient (Wildman–Crippen LogP) is -4.28. The lowest BCUT2D eigenvalue weighted by Crippen LogP contribution is -2.48. The van der Waals surface area contributed by atoms with Gasteiger partial charge in [-0.05, 0) is 6.42 Å². The van der Waals surface area contributed by atoms with Crippen molar-refractivity contribution in [2.45, 2.75) is 19.3 Å². The van der Waals surface area contributed by atoms with E-state index in [4.69, 9.17) is 10.2 Å². The molecule has 7 N–H and O–H groups in total. The zero-order chi connectivity index (χ0) is 35.3. The van der Waals surface area contributed by atoms with Gasteiger partial charge in [0.05, 0.1) is 39.4 Å². The lowest BCUT2D eigenvalue weighted by atomic mass is 10.2. The van der Waals surface area contributed by atoms with E-state index in [0.717, 1.165) is 9.47 Å². The van der Waals surface area contributed by atoms with Crippen molar-refractivity contribution >= 4 is 46.9 Å². The largest absolute Gasteiger partial charge is 0.480 e.